The van der Waals surface area contributed by atoms with Gasteiger partial charge in [0.25, 0.3) is 0 Å². The molecule has 0 radical (unpaired) electrons. The Morgan fingerprint density at radius 3 is 2.71 bits per heavy atom. The lowest BCUT2D eigenvalue weighted by Crippen LogP contribution is -2.20. The maximum atomic E-state index is 5.85. The van der Waals surface area contributed by atoms with Gasteiger partial charge in [0.05, 0.1) is 7.11 Å². The predicted molar refractivity (Wildman–Crippen MR) is 58.7 cm³/mol. The Kier molecular flexibility index (Phi) is 3.43. The highest BCUT2D eigenvalue weighted by molar-refractivity contribution is 7.80. The number of methoxy groups -OCH3 is 1. The zero-order valence-electron chi connectivity index (χ0n) is 7.67. The Morgan fingerprint density at radius 2 is 2.21 bits per heavy atom. The highest BCUT2D eigenvalue weighted by Crippen LogP contribution is 2.28. The maximum Gasteiger partial charge on any atom is 0.242 e. The summed E-state index contributed by atoms with van der Waals surface area (Å²) in [4.78, 5) is 7.94. The first kappa shape index (κ1) is 10.9. The molecule has 0 saturated heterocycles. The van der Waals surface area contributed by atoms with Crippen LogP contribution in [0.3, 0.4) is 0 Å². The highest BCUT2D eigenvalue weighted by Gasteiger charge is 2.12. The van der Waals surface area contributed by atoms with E-state index in [2.05, 4.69) is 27.5 Å². The van der Waals surface area contributed by atoms with Gasteiger partial charge >= 0.3 is 0 Å². The van der Waals surface area contributed by atoms with E-state index in [0.717, 1.165) is 0 Å². The molecule has 0 unspecified atom stereocenters. The van der Waals surface area contributed by atoms with Crippen molar-refractivity contribution >= 4 is 34.6 Å². The molecule has 0 saturated carbocycles. The van der Waals surface area contributed by atoms with Crippen molar-refractivity contribution in [1.29, 1.82) is 0 Å². The Morgan fingerprint density at radius 1 is 1.57 bits per heavy atom. The first-order valence-electron chi connectivity index (χ1n) is 3.69. The Hall–Kier alpha value is -1.14. The standard InChI is InChI=1S/C7H9ClN4OS/c1-3-10-5(8)4(12-7(9)14)6(11-3)13-2/h1-2H3,(H3,9,12,14). The van der Waals surface area contributed by atoms with Gasteiger partial charge < -0.3 is 15.8 Å². The molecule has 1 rings (SSSR count). The van der Waals surface area contributed by atoms with Gasteiger partial charge in [-0.1, -0.05) is 11.6 Å². The van der Waals surface area contributed by atoms with Crippen molar-refractivity contribution in [1.82, 2.24) is 9.97 Å². The smallest absolute Gasteiger partial charge is 0.242 e. The fourth-order valence-electron chi connectivity index (χ4n) is 0.890. The van der Waals surface area contributed by atoms with E-state index < -0.39 is 0 Å². The second-order valence-electron chi connectivity index (χ2n) is 2.44. The molecule has 0 bridgehead atoms. The SMILES string of the molecule is COc1nc(C)nc(Cl)c1NC(N)=S. The molecule has 0 spiro atoms. The number of thiocarbonyl (C=S) groups is 1. The summed E-state index contributed by atoms with van der Waals surface area (Å²) in [6, 6.07) is 0. The third kappa shape index (κ3) is 2.43. The summed E-state index contributed by atoms with van der Waals surface area (Å²) in [6.07, 6.45) is 0. The molecular weight excluding hydrogens is 224 g/mol. The molecule has 76 valence electrons. The molecule has 0 amide bonds. The minimum Gasteiger partial charge on any atom is -0.479 e. The summed E-state index contributed by atoms with van der Waals surface area (Å²) in [5.74, 6) is 0.829. The van der Waals surface area contributed by atoms with Crippen LogP contribution in [0.5, 0.6) is 5.88 Å². The molecule has 14 heavy (non-hydrogen) atoms. The van der Waals surface area contributed by atoms with Gasteiger partial charge in [-0.25, -0.2) is 4.98 Å². The molecule has 1 aromatic rings. The number of aromatic nitrogens is 2. The van der Waals surface area contributed by atoms with Crippen molar-refractivity contribution in [3.63, 3.8) is 0 Å². The quantitative estimate of drug-likeness (QED) is 0.588. The number of nitrogens with two attached hydrogens (primary N) is 1. The van der Waals surface area contributed by atoms with Gasteiger partial charge in [0.15, 0.2) is 10.3 Å². The van der Waals surface area contributed by atoms with Crippen molar-refractivity contribution in [2.24, 2.45) is 5.73 Å². The second-order valence-corrected chi connectivity index (χ2v) is 3.23. The van der Waals surface area contributed by atoms with Gasteiger partial charge in [-0.3, -0.25) is 0 Å². The lowest BCUT2D eigenvalue weighted by atomic mass is 10.5. The Balaban J connectivity index is 3.18. The van der Waals surface area contributed by atoms with E-state index >= 15 is 0 Å². The third-order valence-electron chi connectivity index (χ3n) is 1.39. The van der Waals surface area contributed by atoms with Crippen LogP contribution >= 0.6 is 23.8 Å². The fraction of sp³-hybridized carbons (Fsp3) is 0.286. The molecule has 0 aliphatic carbocycles. The van der Waals surface area contributed by atoms with Crippen molar-refractivity contribution in [2.75, 3.05) is 12.4 Å². The van der Waals surface area contributed by atoms with Crippen LogP contribution in [0.1, 0.15) is 5.82 Å². The molecule has 0 atom stereocenters. The third-order valence-corrected chi connectivity index (χ3v) is 1.76. The minimum absolute atomic E-state index is 0.0812. The molecule has 0 aromatic carbocycles. The summed E-state index contributed by atoms with van der Waals surface area (Å²) < 4.78 is 4.99. The molecule has 0 aliphatic rings. The van der Waals surface area contributed by atoms with E-state index in [4.69, 9.17) is 22.1 Å². The number of nitrogens with zero attached hydrogens (tertiary/aromatic N) is 2. The minimum atomic E-state index is 0.0812. The van der Waals surface area contributed by atoms with Gasteiger partial charge in [0, 0.05) is 0 Å². The average Bonchev–Trinajstić information content (AvgIpc) is 2.08. The largest absolute Gasteiger partial charge is 0.479 e. The Bertz CT molecular complexity index is 371. The molecule has 7 heteroatoms. The fourth-order valence-corrected chi connectivity index (χ4v) is 1.24. The number of rotatable bonds is 2. The lowest BCUT2D eigenvalue weighted by molar-refractivity contribution is 0.398. The molecular formula is C7H9ClN4OS. The van der Waals surface area contributed by atoms with Crippen LogP contribution < -0.4 is 15.8 Å². The molecule has 0 aliphatic heterocycles. The van der Waals surface area contributed by atoms with Crippen LogP contribution in [-0.4, -0.2) is 22.2 Å². The van der Waals surface area contributed by atoms with E-state index in [1.807, 2.05) is 0 Å². The zero-order chi connectivity index (χ0) is 10.7. The van der Waals surface area contributed by atoms with Crippen LogP contribution in [0.25, 0.3) is 0 Å². The van der Waals surface area contributed by atoms with Gasteiger partial charge in [-0.2, -0.15) is 4.98 Å². The van der Waals surface area contributed by atoms with Crippen LogP contribution in [0.2, 0.25) is 5.15 Å². The van der Waals surface area contributed by atoms with Gasteiger partial charge in [0.2, 0.25) is 5.88 Å². The first-order valence-corrected chi connectivity index (χ1v) is 4.47. The molecule has 1 aromatic heterocycles. The number of halogens is 1. The first-order chi connectivity index (χ1) is 6.54. The second kappa shape index (κ2) is 4.39. The normalized spacial score (nSPS) is 9.64. The van der Waals surface area contributed by atoms with Gasteiger partial charge in [0.1, 0.15) is 11.5 Å². The van der Waals surface area contributed by atoms with E-state index in [0.29, 0.717) is 17.4 Å². The van der Waals surface area contributed by atoms with Crippen LogP contribution in [0.15, 0.2) is 0 Å². The summed E-state index contributed by atoms with van der Waals surface area (Å²) >= 11 is 10.5. The molecule has 1 heterocycles. The van der Waals surface area contributed by atoms with Gasteiger partial charge in [-0.15, -0.1) is 0 Å². The number of ether oxygens (including phenoxy) is 1. The van der Waals surface area contributed by atoms with E-state index in [1.54, 1.807) is 6.92 Å². The predicted octanol–water partition coefficient (Wildman–Crippen LogP) is 1.10. The number of hydrogen-bond acceptors (Lipinski definition) is 4. The summed E-state index contributed by atoms with van der Waals surface area (Å²) in [5.41, 5.74) is 5.69. The lowest BCUT2D eigenvalue weighted by Gasteiger charge is -2.10. The number of hydrogen-bond donors (Lipinski definition) is 2. The monoisotopic (exact) mass is 232 g/mol. The topological polar surface area (TPSA) is 73.1 Å². The summed E-state index contributed by atoms with van der Waals surface area (Å²) in [5, 5.41) is 2.95. The van der Waals surface area contributed by atoms with Crippen molar-refractivity contribution in [2.45, 2.75) is 6.92 Å². The van der Waals surface area contributed by atoms with E-state index in [9.17, 15) is 0 Å². The van der Waals surface area contributed by atoms with Gasteiger partial charge in [-0.05, 0) is 19.1 Å². The zero-order valence-corrected chi connectivity index (χ0v) is 9.24. The van der Waals surface area contributed by atoms with Crippen LogP contribution in [0.4, 0.5) is 5.69 Å². The highest BCUT2D eigenvalue weighted by atomic mass is 35.5. The molecule has 5 nitrogen and oxygen atoms in total. The van der Waals surface area contributed by atoms with Crippen LogP contribution in [-0.2, 0) is 0 Å². The number of aryl methyl sites for hydroxylation is 1. The van der Waals surface area contributed by atoms with Crippen molar-refractivity contribution < 1.29 is 4.74 Å². The Labute approximate surface area is 91.6 Å². The summed E-state index contributed by atoms with van der Waals surface area (Å²) in [6.45, 7) is 1.71. The maximum absolute atomic E-state index is 5.85. The van der Waals surface area contributed by atoms with Crippen LogP contribution in [0, 0.1) is 6.92 Å². The molecule has 3 N–H and O–H groups in total. The van der Waals surface area contributed by atoms with E-state index in [1.165, 1.54) is 7.11 Å². The number of nitrogens with one attached hydrogen (secondary N) is 1. The van der Waals surface area contributed by atoms with E-state index in [-0.39, 0.29) is 10.3 Å². The molecule has 0 fully saturated rings. The van der Waals surface area contributed by atoms with Crippen molar-refractivity contribution in [3.05, 3.63) is 11.0 Å². The average molecular weight is 233 g/mol. The van der Waals surface area contributed by atoms with Crippen molar-refractivity contribution in [3.8, 4) is 5.88 Å². The number of anilines is 1. The summed E-state index contributed by atoms with van der Waals surface area (Å²) in [7, 11) is 1.48.